The van der Waals surface area contributed by atoms with Gasteiger partial charge in [0.1, 0.15) is 5.54 Å². The molecule has 34 heavy (non-hydrogen) atoms. The second kappa shape index (κ2) is 9.70. The van der Waals surface area contributed by atoms with Gasteiger partial charge in [-0.3, -0.25) is 9.59 Å². The van der Waals surface area contributed by atoms with Gasteiger partial charge in [-0.1, -0.05) is 60.1 Å². The predicted molar refractivity (Wildman–Crippen MR) is 133 cm³/mol. The molecule has 1 atom stereocenters. The largest absolute Gasteiger partial charge is 0.339 e. The van der Waals surface area contributed by atoms with Crippen LogP contribution in [0.3, 0.4) is 0 Å². The van der Waals surface area contributed by atoms with Crippen molar-refractivity contribution < 1.29 is 9.59 Å². The summed E-state index contributed by atoms with van der Waals surface area (Å²) in [5, 5.41) is 9.77. The molecule has 0 spiro atoms. The first kappa shape index (κ1) is 23.5. The molecule has 0 saturated carbocycles. The molecular formula is C28H26ClN3O2. The monoisotopic (exact) mass is 471 g/mol. The van der Waals surface area contributed by atoms with Crippen molar-refractivity contribution in [3.05, 3.63) is 94.5 Å². The van der Waals surface area contributed by atoms with Crippen molar-refractivity contribution >= 4 is 23.4 Å². The number of nitriles is 1. The van der Waals surface area contributed by atoms with Gasteiger partial charge in [-0.05, 0) is 59.9 Å². The molecule has 0 aromatic heterocycles. The van der Waals surface area contributed by atoms with Gasteiger partial charge in [0.25, 0.3) is 0 Å². The lowest BCUT2D eigenvalue weighted by atomic mass is 9.84. The molecule has 1 aliphatic rings. The van der Waals surface area contributed by atoms with E-state index in [4.69, 9.17) is 16.9 Å². The number of nitrogens with zero attached hydrogens (tertiary/aromatic N) is 3. The number of likely N-dealkylation sites (N-methyl/N-ethyl adjacent to an activating group) is 1. The van der Waals surface area contributed by atoms with Crippen molar-refractivity contribution in [3.63, 3.8) is 0 Å². The Balaban J connectivity index is 1.40. The van der Waals surface area contributed by atoms with Crippen molar-refractivity contribution in [2.45, 2.75) is 31.8 Å². The number of halogens is 1. The highest BCUT2D eigenvalue weighted by atomic mass is 35.5. The molecule has 5 nitrogen and oxygen atoms in total. The maximum atomic E-state index is 13.2. The standard InChI is InChI=1S/C28H26ClN3O2/c1-28(27(34)31(2)19-21-8-12-25(29)13-9-21)14-15-32(28)26(33)17-20-6-10-23(11-7-20)24-5-3-4-22(16-24)18-30/h3-13,16H,14-15,17,19H2,1-2H3. The van der Waals surface area contributed by atoms with Gasteiger partial charge in [0, 0.05) is 25.2 Å². The molecular weight excluding hydrogens is 446 g/mol. The molecule has 6 heteroatoms. The van der Waals surface area contributed by atoms with Gasteiger partial charge >= 0.3 is 0 Å². The Kier molecular flexibility index (Phi) is 6.72. The van der Waals surface area contributed by atoms with Crippen LogP contribution < -0.4 is 0 Å². The van der Waals surface area contributed by atoms with Crippen LogP contribution in [0.15, 0.2) is 72.8 Å². The normalized spacial score (nSPS) is 16.9. The van der Waals surface area contributed by atoms with E-state index in [1.807, 2.05) is 73.7 Å². The van der Waals surface area contributed by atoms with Crippen molar-refractivity contribution in [2.75, 3.05) is 13.6 Å². The Morgan fingerprint density at radius 3 is 2.32 bits per heavy atom. The first-order valence-electron chi connectivity index (χ1n) is 11.2. The molecule has 1 unspecified atom stereocenters. The van der Waals surface area contributed by atoms with Crippen LogP contribution in [0.25, 0.3) is 11.1 Å². The summed E-state index contributed by atoms with van der Waals surface area (Å²) in [6, 6.07) is 24.8. The fourth-order valence-corrected chi connectivity index (χ4v) is 4.51. The Labute approximate surface area is 205 Å². The summed E-state index contributed by atoms with van der Waals surface area (Å²) in [6.07, 6.45) is 0.888. The molecule has 0 N–H and O–H groups in total. The summed E-state index contributed by atoms with van der Waals surface area (Å²) < 4.78 is 0. The van der Waals surface area contributed by atoms with E-state index >= 15 is 0 Å². The maximum Gasteiger partial charge on any atom is 0.248 e. The minimum atomic E-state index is -0.823. The van der Waals surface area contributed by atoms with Gasteiger partial charge in [-0.2, -0.15) is 5.26 Å². The third-order valence-corrected chi connectivity index (χ3v) is 6.75. The zero-order valence-corrected chi connectivity index (χ0v) is 20.0. The molecule has 3 aromatic carbocycles. The minimum Gasteiger partial charge on any atom is -0.339 e. The van der Waals surface area contributed by atoms with E-state index < -0.39 is 5.54 Å². The lowest BCUT2D eigenvalue weighted by Crippen LogP contribution is -2.67. The molecule has 2 amide bonds. The number of benzene rings is 3. The first-order chi connectivity index (χ1) is 16.3. The quantitative estimate of drug-likeness (QED) is 0.504. The van der Waals surface area contributed by atoms with Crippen LogP contribution in [0.1, 0.15) is 30.0 Å². The van der Waals surface area contributed by atoms with Crippen LogP contribution in [0, 0.1) is 11.3 Å². The summed E-state index contributed by atoms with van der Waals surface area (Å²) in [7, 11) is 1.77. The molecule has 172 valence electrons. The highest BCUT2D eigenvalue weighted by Gasteiger charge is 2.50. The summed E-state index contributed by atoms with van der Waals surface area (Å²) in [6.45, 7) is 2.89. The molecule has 1 fully saturated rings. The highest BCUT2D eigenvalue weighted by molar-refractivity contribution is 6.30. The number of hydrogen-bond acceptors (Lipinski definition) is 3. The van der Waals surface area contributed by atoms with E-state index in [1.54, 1.807) is 22.9 Å². The molecule has 3 aromatic rings. The van der Waals surface area contributed by atoms with Crippen LogP contribution >= 0.6 is 11.6 Å². The van der Waals surface area contributed by atoms with E-state index in [0.717, 1.165) is 22.3 Å². The van der Waals surface area contributed by atoms with Gasteiger partial charge in [0.2, 0.25) is 11.8 Å². The SMILES string of the molecule is CN(Cc1ccc(Cl)cc1)C(=O)C1(C)CCN1C(=O)Cc1ccc(-c2cccc(C#N)c2)cc1. The van der Waals surface area contributed by atoms with E-state index in [0.29, 0.717) is 30.1 Å². The predicted octanol–water partition coefficient (Wildman–Crippen LogP) is 5.07. The topological polar surface area (TPSA) is 64.4 Å². The molecule has 0 radical (unpaired) electrons. The van der Waals surface area contributed by atoms with Crippen molar-refractivity contribution in [3.8, 4) is 17.2 Å². The second-order valence-electron chi connectivity index (χ2n) is 8.92. The van der Waals surface area contributed by atoms with Crippen LogP contribution in [-0.2, 0) is 22.6 Å². The molecule has 1 heterocycles. The van der Waals surface area contributed by atoms with Gasteiger partial charge in [-0.15, -0.1) is 0 Å². The lowest BCUT2D eigenvalue weighted by molar-refractivity contribution is -0.163. The summed E-state index contributed by atoms with van der Waals surface area (Å²) in [5.74, 6) is -0.115. The van der Waals surface area contributed by atoms with Crippen LogP contribution in [0.2, 0.25) is 5.02 Å². The van der Waals surface area contributed by atoms with Crippen LogP contribution in [0.5, 0.6) is 0 Å². The average molecular weight is 472 g/mol. The first-order valence-corrected chi connectivity index (χ1v) is 11.6. The fraction of sp³-hybridized carbons (Fsp3) is 0.250. The maximum absolute atomic E-state index is 13.2. The van der Waals surface area contributed by atoms with Crippen LogP contribution in [0.4, 0.5) is 0 Å². The van der Waals surface area contributed by atoms with Crippen LogP contribution in [-0.4, -0.2) is 40.7 Å². The Morgan fingerprint density at radius 1 is 1.03 bits per heavy atom. The number of amides is 2. The fourth-order valence-electron chi connectivity index (χ4n) is 4.38. The van der Waals surface area contributed by atoms with E-state index in [-0.39, 0.29) is 18.2 Å². The summed E-state index contributed by atoms with van der Waals surface area (Å²) >= 11 is 5.95. The molecule has 0 bridgehead atoms. The van der Waals surface area contributed by atoms with E-state index in [1.165, 1.54) is 0 Å². The van der Waals surface area contributed by atoms with E-state index in [2.05, 4.69) is 6.07 Å². The number of carbonyl (C=O) groups excluding carboxylic acids is 2. The average Bonchev–Trinajstić information content (AvgIpc) is 2.84. The zero-order valence-electron chi connectivity index (χ0n) is 19.3. The van der Waals surface area contributed by atoms with Crippen molar-refractivity contribution in [2.24, 2.45) is 0 Å². The van der Waals surface area contributed by atoms with Crippen molar-refractivity contribution in [1.29, 1.82) is 5.26 Å². The van der Waals surface area contributed by atoms with Gasteiger partial charge in [0.05, 0.1) is 18.1 Å². The minimum absolute atomic E-state index is 0.0544. The van der Waals surface area contributed by atoms with Gasteiger partial charge < -0.3 is 9.80 Å². The third kappa shape index (κ3) is 4.83. The summed E-state index contributed by atoms with van der Waals surface area (Å²) in [5.41, 5.74) is 3.61. The molecule has 1 aliphatic heterocycles. The smallest absolute Gasteiger partial charge is 0.248 e. The van der Waals surface area contributed by atoms with Gasteiger partial charge in [-0.25, -0.2) is 0 Å². The number of hydrogen-bond donors (Lipinski definition) is 0. The van der Waals surface area contributed by atoms with Crippen molar-refractivity contribution in [1.82, 2.24) is 9.80 Å². The van der Waals surface area contributed by atoms with Gasteiger partial charge in [0.15, 0.2) is 0 Å². The Morgan fingerprint density at radius 2 is 1.71 bits per heavy atom. The second-order valence-corrected chi connectivity index (χ2v) is 9.36. The van der Waals surface area contributed by atoms with E-state index in [9.17, 15) is 9.59 Å². The Hall–Kier alpha value is -3.62. The molecule has 1 saturated heterocycles. The summed E-state index contributed by atoms with van der Waals surface area (Å²) in [4.78, 5) is 29.7. The third-order valence-electron chi connectivity index (χ3n) is 6.49. The Bertz CT molecular complexity index is 1250. The highest BCUT2D eigenvalue weighted by Crippen LogP contribution is 2.33. The molecule has 0 aliphatic carbocycles. The number of rotatable bonds is 6. The number of likely N-dealkylation sites (tertiary alicyclic amines) is 1. The lowest BCUT2D eigenvalue weighted by Gasteiger charge is -2.50. The number of carbonyl (C=O) groups is 2. The molecule has 4 rings (SSSR count). The zero-order chi connectivity index (χ0) is 24.3.